The smallest absolute Gasteiger partial charge is 0.0540 e. The van der Waals surface area contributed by atoms with Crippen molar-refractivity contribution in [1.29, 1.82) is 0 Å². The maximum Gasteiger partial charge on any atom is 0.0540 e. The van der Waals surface area contributed by atoms with Gasteiger partial charge in [-0.1, -0.05) is 23.7 Å². The zero-order valence-electron chi connectivity index (χ0n) is 11.8. The molecule has 1 heterocycles. The van der Waals surface area contributed by atoms with Crippen molar-refractivity contribution in [3.63, 3.8) is 0 Å². The molecule has 1 N–H and O–H groups in total. The first-order valence-corrected chi connectivity index (χ1v) is 7.68. The van der Waals surface area contributed by atoms with E-state index in [9.17, 15) is 0 Å². The summed E-state index contributed by atoms with van der Waals surface area (Å²) in [4.78, 5) is 0. The Morgan fingerprint density at radius 1 is 1.45 bits per heavy atom. The highest BCUT2D eigenvalue weighted by atomic mass is 35.5. The van der Waals surface area contributed by atoms with Gasteiger partial charge in [0.2, 0.25) is 0 Å². The normalized spacial score (nSPS) is 18.0. The summed E-state index contributed by atoms with van der Waals surface area (Å²) in [6.45, 7) is 3.95. The molecule has 1 aromatic carbocycles. The lowest BCUT2D eigenvalue weighted by Gasteiger charge is -2.24. The number of hydrogen-bond donors (Lipinski definition) is 1. The maximum atomic E-state index is 6.03. The topological polar surface area (TPSA) is 29.9 Å². The highest BCUT2D eigenvalue weighted by Gasteiger charge is 2.23. The summed E-state index contributed by atoms with van der Waals surface area (Å²) in [5.74, 6) is 0. The second-order valence-electron chi connectivity index (χ2n) is 5.32. The van der Waals surface area contributed by atoms with Crippen molar-refractivity contribution in [3.05, 3.63) is 52.3 Å². The van der Waals surface area contributed by atoms with Crippen molar-refractivity contribution in [2.24, 2.45) is 0 Å². The number of nitrogens with one attached hydrogen (secondary N) is 1. The standard InChI is InChI=1S/C16H20ClN3/c1-2-20-16-8-4-7-15(14(16)11-19-20)18-10-12-5-3-6-13(17)9-12/h3,5-6,9,11,15,18H,2,4,7-8,10H2,1H3. The van der Waals surface area contributed by atoms with Gasteiger partial charge in [0.25, 0.3) is 0 Å². The minimum Gasteiger partial charge on any atom is -0.306 e. The molecule has 20 heavy (non-hydrogen) atoms. The van der Waals surface area contributed by atoms with Crippen LogP contribution in [0.2, 0.25) is 5.02 Å². The minimum absolute atomic E-state index is 0.415. The molecular weight excluding hydrogens is 270 g/mol. The third-order valence-electron chi connectivity index (χ3n) is 4.00. The van der Waals surface area contributed by atoms with Gasteiger partial charge in [-0.2, -0.15) is 5.10 Å². The highest BCUT2D eigenvalue weighted by Crippen LogP contribution is 2.29. The van der Waals surface area contributed by atoms with E-state index in [1.165, 1.54) is 29.7 Å². The molecule has 0 amide bonds. The lowest BCUT2D eigenvalue weighted by molar-refractivity contribution is 0.448. The van der Waals surface area contributed by atoms with E-state index in [2.05, 4.69) is 28.1 Å². The molecule has 1 aliphatic rings. The number of halogens is 1. The molecule has 4 heteroatoms. The number of nitrogens with zero attached hydrogens (tertiary/aromatic N) is 2. The fraction of sp³-hybridized carbons (Fsp3) is 0.438. The molecule has 0 bridgehead atoms. The van der Waals surface area contributed by atoms with Crippen LogP contribution in [0, 0.1) is 0 Å². The molecule has 1 unspecified atom stereocenters. The zero-order chi connectivity index (χ0) is 13.9. The van der Waals surface area contributed by atoms with Gasteiger partial charge in [0.15, 0.2) is 0 Å². The predicted molar refractivity (Wildman–Crippen MR) is 81.9 cm³/mol. The molecule has 0 aliphatic heterocycles. The van der Waals surface area contributed by atoms with Crippen LogP contribution >= 0.6 is 11.6 Å². The van der Waals surface area contributed by atoms with Gasteiger partial charge >= 0.3 is 0 Å². The third kappa shape index (κ3) is 2.74. The molecule has 0 saturated carbocycles. The largest absolute Gasteiger partial charge is 0.306 e. The third-order valence-corrected chi connectivity index (χ3v) is 4.24. The van der Waals surface area contributed by atoms with Crippen LogP contribution in [0.5, 0.6) is 0 Å². The molecule has 0 saturated heterocycles. The Labute approximate surface area is 124 Å². The van der Waals surface area contributed by atoms with Crippen LogP contribution in [-0.2, 0) is 19.5 Å². The van der Waals surface area contributed by atoms with Gasteiger partial charge in [-0.25, -0.2) is 0 Å². The first kappa shape index (κ1) is 13.7. The lowest BCUT2D eigenvalue weighted by atomic mass is 9.93. The van der Waals surface area contributed by atoms with Crippen LogP contribution in [0.3, 0.4) is 0 Å². The molecule has 106 valence electrons. The average Bonchev–Trinajstić information content (AvgIpc) is 2.89. The van der Waals surface area contributed by atoms with E-state index in [0.29, 0.717) is 6.04 Å². The maximum absolute atomic E-state index is 6.03. The number of rotatable bonds is 4. The molecular formula is C16H20ClN3. The second-order valence-corrected chi connectivity index (χ2v) is 5.75. The Morgan fingerprint density at radius 2 is 2.35 bits per heavy atom. The highest BCUT2D eigenvalue weighted by molar-refractivity contribution is 6.30. The molecule has 3 rings (SSSR count). The van der Waals surface area contributed by atoms with Crippen LogP contribution in [0.15, 0.2) is 30.5 Å². The van der Waals surface area contributed by atoms with E-state index in [0.717, 1.165) is 24.5 Å². The quantitative estimate of drug-likeness (QED) is 0.929. The summed E-state index contributed by atoms with van der Waals surface area (Å²) >= 11 is 6.03. The number of aryl methyl sites for hydroxylation is 1. The first-order chi connectivity index (χ1) is 9.78. The van der Waals surface area contributed by atoms with Crippen molar-refractivity contribution in [1.82, 2.24) is 15.1 Å². The van der Waals surface area contributed by atoms with E-state index in [1.807, 2.05) is 24.4 Å². The van der Waals surface area contributed by atoms with Gasteiger partial charge in [0.05, 0.1) is 6.20 Å². The number of aromatic nitrogens is 2. The monoisotopic (exact) mass is 289 g/mol. The molecule has 3 nitrogen and oxygen atoms in total. The van der Waals surface area contributed by atoms with Crippen molar-refractivity contribution in [2.75, 3.05) is 0 Å². The van der Waals surface area contributed by atoms with Crippen LogP contribution < -0.4 is 5.32 Å². The van der Waals surface area contributed by atoms with Gasteiger partial charge in [0, 0.05) is 35.4 Å². The molecule has 1 atom stereocenters. The van der Waals surface area contributed by atoms with Gasteiger partial charge in [-0.3, -0.25) is 4.68 Å². The Kier molecular flexibility index (Phi) is 4.08. The summed E-state index contributed by atoms with van der Waals surface area (Å²) in [6.07, 6.45) is 5.60. The molecule has 0 fully saturated rings. The van der Waals surface area contributed by atoms with E-state index in [4.69, 9.17) is 11.6 Å². The van der Waals surface area contributed by atoms with Crippen LogP contribution in [-0.4, -0.2) is 9.78 Å². The van der Waals surface area contributed by atoms with Gasteiger partial charge in [0.1, 0.15) is 0 Å². The molecule has 1 aliphatic carbocycles. The van der Waals surface area contributed by atoms with Crippen LogP contribution in [0.4, 0.5) is 0 Å². The van der Waals surface area contributed by atoms with E-state index < -0.39 is 0 Å². The predicted octanol–water partition coefficient (Wildman–Crippen LogP) is 3.72. The average molecular weight is 290 g/mol. The summed E-state index contributed by atoms with van der Waals surface area (Å²) in [5, 5.41) is 8.94. The Balaban J connectivity index is 1.72. The van der Waals surface area contributed by atoms with Gasteiger partial charge in [-0.15, -0.1) is 0 Å². The zero-order valence-corrected chi connectivity index (χ0v) is 12.5. The van der Waals surface area contributed by atoms with Crippen molar-refractivity contribution >= 4 is 11.6 Å². The minimum atomic E-state index is 0.415. The summed E-state index contributed by atoms with van der Waals surface area (Å²) in [6, 6.07) is 8.46. The van der Waals surface area contributed by atoms with E-state index in [1.54, 1.807) is 0 Å². The van der Waals surface area contributed by atoms with Crippen molar-refractivity contribution < 1.29 is 0 Å². The summed E-state index contributed by atoms with van der Waals surface area (Å²) in [5.41, 5.74) is 4.01. The van der Waals surface area contributed by atoms with Crippen LogP contribution in [0.25, 0.3) is 0 Å². The van der Waals surface area contributed by atoms with Gasteiger partial charge in [-0.05, 0) is 43.9 Å². The van der Waals surface area contributed by atoms with Gasteiger partial charge < -0.3 is 5.32 Å². The molecule has 1 aromatic heterocycles. The lowest BCUT2D eigenvalue weighted by Crippen LogP contribution is -2.25. The first-order valence-electron chi connectivity index (χ1n) is 7.30. The Morgan fingerprint density at radius 3 is 3.15 bits per heavy atom. The number of hydrogen-bond acceptors (Lipinski definition) is 2. The summed E-state index contributed by atoms with van der Waals surface area (Å²) < 4.78 is 2.13. The summed E-state index contributed by atoms with van der Waals surface area (Å²) in [7, 11) is 0. The SMILES string of the molecule is CCn1ncc2c1CCCC2NCc1cccc(Cl)c1. The Bertz CT molecular complexity index is 591. The number of benzene rings is 1. The molecule has 0 spiro atoms. The fourth-order valence-corrected chi connectivity index (χ4v) is 3.20. The van der Waals surface area contributed by atoms with Crippen LogP contribution in [0.1, 0.15) is 42.6 Å². The number of fused-ring (bicyclic) bond motifs is 1. The molecule has 2 aromatic rings. The van der Waals surface area contributed by atoms with Crippen molar-refractivity contribution in [2.45, 2.75) is 45.3 Å². The second kappa shape index (κ2) is 5.98. The van der Waals surface area contributed by atoms with E-state index in [-0.39, 0.29) is 0 Å². The van der Waals surface area contributed by atoms with E-state index >= 15 is 0 Å². The molecule has 0 radical (unpaired) electrons. The Hall–Kier alpha value is -1.32. The fourth-order valence-electron chi connectivity index (χ4n) is 2.99. The van der Waals surface area contributed by atoms with Crippen molar-refractivity contribution in [3.8, 4) is 0 Å².